The van der Waals surface area contributed by atoms with Crippen molar-refractivity contribution in [1.29, 1.82) is 0 Å². The van der Waals surface area contributed by atoms with Gasteiger partial charge in [0.15, 0.2) is 0 Å². The van der Waals surface area contributed by atoms with E-state index in [1.54, 1.807) is 20.8 Å². The molecule has 0 spiro atoms. The first-order valence-corrected chi connectivity index (χ1v) is 8.52. The largest absolute Gasteiger partial charge is 0.444 e. The second kappa shape index (κ2) is 8.84. The van der Waals surface area contributed by atoms with E-state index in [-0.39, 0.29) is 13.1 Å². The van der Waals surface area contributed by atoms with Crippen LogP contribution in [-0.4, -0.2) is 39.1 Å². The molecule has 2 rings (SSSR count). The van der Waals surface area contributed by atoms with E-state index in [1.807, 2.05) is 0 Å². The average molecular weight is 411 g/mol. The molecule has 0 aliphatic carbocycles. The predicted octanol–water partition coefficient (Wildman–Crippen LogP) is 2.70. The number of halogens is 3. The molecule has 0 aliphatic rings. The van der Waals surface area contributed by atoms with Crippen molar-refractivity contribution in [3.63, 3.8) is 0 Å². The van der Waals surface area contributed by atoms with Gasteiger partial charge in [0.1, 0.15) is 24.2 Å². The molecule has 156 valence electrons. The summed E-state index contributed by atoms with van der Waals surface area (Å²) in [4.78, 5) is 34.7. The molecule has 0 saturated carbocycles. The summed E-state index contributed by atoms with van der Waals surface area (Å²) in [6.45, 7) is 4.86. The highest BCUT2D eigenvalue weighted by molar-refractivity contribution is 5.82. The second-order valence-corrected chi connectivity index (χ2v) is 6.96. The standard InChI is InChI=1S/C18H20F3N5O3/c1-17(2,3)29-16(28)24-9-15(27)23-8-12-6-13(26-10-25-12)11-4-5-14(22-7-11)18(19,20)21/h4-7,10H,8-9H2,1-3H3,(H,23,27)(H,24,28). The zero-order valence-electron chi connectivity index (χ0n) is 16.0. The normalized spacial score (nSPS) is 11.7. The number of aromatic nitrogens is 3. The van der Waals surface area contributed by atoms with Gasteiger partial charge in [0.25, 0.3) is 0 Å². The number of amides is 2. The third-order valence-electron chi connectivity index (χ3n) is 3.33. The summed E-state index contributed by atoms with van der Waals surface area (Å²) in [5.74, 6) is -0.466. The monoisotopic (exact) mass is 411 g/mol. The van der Waals surface area contributed by atoms with E-state index in [0.717, 1.165) is 12.3 Å². The van der Waals surface area contributed by atoms with Crippen LogP contribution in [0.3, 0.4) is 0 Å². The van der Waals surface area contributed by atoms with E-state index in [2.05, 4.69) is 25.6 Å². The lowest BCUT2D eigenvalue weighted by molar-refractivity contribution is -0.141. The van der Waals surface area contributed by atoms with Gasteiger partial charge in [0.05, 0.1) is 17.9 Å². The van der Waals surface area contributed by atoms with Crippen LogP contribution in [0.4, 0.5) is 18.0 Å². The van der Waals surface area contributed by atoms with E-state index in [4.69, 9.17) is 4.74 Å². The Bertz CT molecular complexity index is 864. The molecule has 0 radical (unpaired) electrons. The Kier molecular flexibility index (Phi) is 6.72. The van der Waals surface area contributed by atoms with Gasteiger partial charge in [-0.05, 0) is 39.0 Å². The Balaban J connectivity index is 1.91. The van der Waals surface area contributed by atoms with Gasteiger partial charge in [0.2, 0.25) is 5.91 Å². The van der Waals surface area contributed by atoms with Crippen molar-refractivity contribution in [2.24, 2.45) is 0 Å². The third-order valence-corrected chi connectivity index (χ3v) is 3.33. The highest BCUT2D eigenvalue weighted by atomic mass is 19.4. The molecule has 0 saturated heterocycles. The molecule has 0 bridgehead atoms. The second-order valence-electron chi connectivity index (χ2n) is 6.96. The third kappa shape index (κ3) is 7.35. The number of hydrogen-bond acceptors (Lipinski definition) is 6. The molecule has 2 aromatic rings. The number of alkyl halides is 3. The zero-order chi connectivity index (χ0) is 21.7. The van der Waals surface area contributed by atoms with Crippen LogP contribution in [0.15, 0.2) is 30.7 Å². The minimum absolute atomic E-state index is 0.0401. The Labute approximate surface area is 164 Å². The van der Waals surface area contributed by atoms with Crippen molar-refractivity contribution in [3.05, 3.63) is 42.1 Å². The van der Waals surface area contributed by atoms with E-state index in [9.17, 15) is 22.8 Å². The number of ether oxygens (including phenoxy) is 1. The predicted molar refractivity (Wildman–Crippen MR) is 96.3 cm³/mol. The molecule has 8 nitrogen and oxygen atoms in total. The van der Waals surface area contributed by atoms with Crippen LogP contribution < -0.4 is 10.6 Å². The van der Waals surface area contributed by atoms with Crippen molar-refractivity contribution >= 4 is 12.0 Å². The average Bonchev–Trinajstić information content (AvgIpc) is 2.63. The van der Waals surface area contributed by atoms with E-state index in [0.29, 0.717) is 17.0 Å². The fourth-order valence-corrected chi connectivity index (χ4v) is 2.08. The maximum absolute atomic E-state index is 12.6. The van der Waals surface area contributed by atoms with Crippen LogP contribution in [-0.2, 0) is 22.3 Å². The molecule has 2 amide bonds. The zero-order valence-corrected chi connectivity index (χ0v) is 16.0. The first-order chi connectivity index (χ1) is 13.4. The Morgan fingerprint density at radius 2 is 1.79 bits per heavy atom. The molecule has 29 heavy (non-hydrogen) atoms. The maximum Gasteiger partial charge on any atom is 0.433 e. The lowest BCUT2D eigenvalue weighted by Gasteiger charge is -2.19. The lowest BCUT2D eigenvalue weighted by atomic mass is 10.1. The van der Waals surface area contributed by atoms with Crippen LogP contribution in [0.2, 0.25) is 0 Å². The van der Waals surface area contributed by atoms with Crippen molar-refractivity contribution in [2.45, 2.75) is 39.1 Å². The molecule has 11 heteroatoms. The summed E-state index contributed by atoms with van der Waals surface area (Å²) in [5, 5.41) is 4.88. The summed E-state index contributed by atoms with van der Waals surface area (Å²) < 4.78 is 42.8. The lowest BCUT2D eigenvalue weighted by Crippen LogP contribution is -2.39. The number of rotatable bonds is 5. The Hall–Kier alpha value is -3.24. The van der Waals surface area contributed by atoms with Gasteiger partial charge < -0.3 is 15.4 Å². The van der Waals surface area contributed by atoms with Crippen molar-refractivity contribution in [2.75, 3.05) is 6.54 Å². The summed E-state index contributed by atoms with van der Waals surface area (Å²) in [7, 11) is 0. The summed E-state index contributed by atoms with van der Waals surface area (Å²) in [6, 6.07) is 3.64. The highest BCUT2D eigenvalue weighted by Gasteiger charge is 2.32. The number of pyridine rings is 1. The Morgan fingerprint density at radius 1 is 1.07 bits per heavy atom. The number of carbonyl (C=O) groups excluding carboxylic acids is 2. The minimum Gasteiger partial charge on any atom is -0.444 e. The molecule has 0 fully saturated rings. The van der Waals surface area contributed by atoms with Crippen LogP contribution >= 0.6 is 0 Å². The fraction of sp³-hybridized carbons (Fsp3) is 0.389. The summed E-state index contributed by atoms with van der Waals surface area (Å²) in [6.07, 6.45) is -2.94. The molecule has 2 N–H and O–H groups in total. The SMILES string of the molecule is CC(C)(C)OC(=O)NCC(=O)NCc1cc(-c2ccc(C(F)(F)F)nc2)ncn1. The maximum atomic E-state index is 12.6. The first kappa shape index (κ1) is 22.1. The molecule has 2 heterocycles. The first-order valence-electron chi connectivity index (χ1n) is 8.52. The van der Waals surface area contributed by atoms with Crippen molar-refractivity contribution in [1.82, 2.24) is 25.6 Å². The number of nitrogens with zero attached hydrogens (tertiary/aromatic N) is 3. The molecule has 2 aromatic heterocycles. The van der Waals surface area contributed by atoms with Crippen LogP contribution in [0.5, 0.6) is 0 Å². The van der Waals surface area contributed by atoms with E-state index in [1.165, 1.54) is 18.5 Å². The van der Waals surface area contributed by atoms with E-state index >= 15 is 0 Å². The number of nitrogens with one attached hydrogen (secondary N) is 2. The number of alkyl carbamates (subject to hydrolysis) is 1. The van der Waals surface area contributed by atoms with E-state index < -0.39 is 29.5 Å². The highest BCUT2D eigenvalue weighted by Crippen LogP contribution is 2.28. The van der Waals surface area contributed by atoms with Gasteiger partial charge in [0, 0.05) is 11.8 Å². The van der Waals surface area contributed by atoms with Gasteiger partial charge in [-0.25, -0.2) is 14.8 Å². The van der Waals surface area contributed by atoms with Crippen LogP contribution in [0.25, 0.3) is 11.3 Å². The minimum atomic E-state index is -4.52. The van der Waals surface area contributed by atoms with Gasteiger partial charge in [-0.1, -0.05) is 0 Å². The van der Waals surface area contributed by atoms with Gasteiger partial charge in [-0.3, -0.25) is 9.78 Å². The van der Waals surface area contributed by atoms with Crippen molar-refractivity contribution < 1.29 is 27.5 Å². The number of carbonyl (C=O) groups is 2. The summed E-state index contributed by atoms with van der Waals surface area (Å²) >= 11 is 0. The van der Waals surface area contributed by atoms with Gasteiger partial charge in [-0.15, -0.1) is 0 Å². The van der Waals surface area contributed by atoms with Gasteiger partial charge >= 0.3 is 12.3 Å². The van der Waals surface area contributed by atoms with Crippen LogP contribution in [0.1, 0.15) is 32.2 Å². The molecular weight excluding hydrogens is 391 g/mol. The number of hydrogen-bond donors (Lipinski definition) is 2. The Morgan fingerprint density at radius 3 is 2.38 bits per heavy atom. The molecule has 0 aromatic carbocycles. The topological polar surface area (TPSA) is 106 Å². The van der Waals surface area contributed by atoms with Crippen LogP contribution in [0, 0.1) is 0 Å². The fourth-order valence-electron chi connectivity index (χ4n) is 2.08. The molecular formula is C18H20F3N5O3. The molecule has 0 aliphatic heterocycles. The molecule has 0 unspecified atom stereocenters. The smallest absolute Gasteiger partial charge is 0.433 e. The summed E-state index contributed by atoms with van der Waals surface area (Å²) in [5.41, 5.74) is -0.511. The quantitative estimate of drug-likeness (QED) is 0.784. The van der Waals surface area contributed by atoms with Gasteiger partial charge in [-0.2, -0.15) is 13.2 Å². The van der Waals surface area contributed by atoms with Crippen molar-refractivity contribution in [3.8, 4) is 11.3 Å². The molecule has 0 atom stereocenters.